The van der Waals surface area contributed by atoms with Gasteiger partial charge in [0, 0.05) is 12.6 Å². The largest absolute Gasteiger partial charge is 0.436 e. The maximum Gasteiger partial charge on any atom is 0.254 e. The van der Waals surface area contributed by atoms with Gasteiger partial charge in [-0.25, -0.2) is 9.37 Å². The van der Waals surface area contributed by atoms with E-state index >= 15 is 0 Å². The first-order valence-corrected chi connectivity index (χ1v) is 8.97. The van der Waals surface area contributed by atoms with Gasteiger partial charge < -0.3 is 15.1 Å². The topological polar surface area (TPSA) is 89.4 Å². The van der Waals surface area contributed by atoms with Crippen LogP contribution in [0.4, 0.5) is 4.39 Å². The van der Waals surface area contributed by atoms with E-state index in [2.05, 4.69) is 4.98 Å². The summed E-state index contributed by atoms with van der Waals surface area (Å²) in [5.41, 5.74) is 5.98. The second-order valence-corrected chi connectivity index (χ2v) is 6.97. The molecule has 0 unspecified atom stereocenters. The minimum atomic E-state index is -1.06. The lowest BCUT2D eigenvalue weighted by Gasteiger charge is -2.36. The quantitative estimate of drug-likeness (QED) is 0.752. The highest BCUT2D eigenvalue weighted by Gasteiger charge is 2.45. The lowest BCUT2D eigenvalue weighted by atomic mass is 9.93. The number of rotatable bonds is 4. The second kappa shape index (κ2) is 6.74. The molecule has 4 rings (SSSR count). The summed E-state index contributed by atoms with van der Waals surface area (Å²) in [6, 6.07) is 11.2. The standard InChI is InChI=1S/C21H19FN3O3/c1-25(21(20(23)27)10-4-5-11-21)19(26)13-8-9-14(15(22)12-13)18-24-16-6-2-3-7-17(16)28-18/h2-4,6-9,12H,5,10-11H2,1H3,(H2,23,27)/t21-/m1/s1. The summed E-state index contributed by atoms with van der Waals surface area (Å²) >= 11 is 0. The monoisotopic (exact) mass is 380 g/mol. The van der Waals surface area contributed by atoms with Gasteiger partial charge in [-0.3, -0.25) is 9.59 Å². The predicted octanol–water partition coefficient (Wildman–Crippen LogP) is 3.32. The zero-order valence-electron chi connectivity index (χ0n) is 15.3. The van der Waals surface area contributed by atoms with E-state index in [0.29, 0.717) is 30.4 Å². The highest BCUT2D eigenvalue weighted by molar-refractivity contribution is 5.99. The average Bonchev–Trinajstić information content (AvgIpc) is 3.34. The van der Waals surface area contributed by atoms with Crippen LogP contribution in [0.5, 0.6) is 0 Å². The summed E-state index contributed by atoms with van der Waals surface area (Å²) in [6.07, 6.45) is 3.50. The number of hydrogen-bond donors (Lipinski definition) is 1. The van der Waals surface area contributed by atoms with Crippen LogP contribution in [0, 0.1) is 12.2 Å². The molecule has 28 heavy (non-hydrogen) atoms. The number of halogens is 1. The number of hydrogen-bond acceptors (Lipinski definition) is 4. The fourth-order valence-electron chi connectivity index (χ4n) is 3.67. The molecule has 1 aliphatic carbocycles. The summed E-state index contributed by atoms with van der Waals surface area (Å²) in [6.45, 7) is 0. The fraction of sp³-hybridized carbons (Fsp3) is 0.238. The Morgan fingerprint density at radius 2 is 2.04 bits per heavy atom. The molecule has 1 atom stereocenters. The second-order valence-electron chi connectivity index (χ2n) is 6.97. The molecule has 0 spiro atoms. The molecule has 3 aromatic rings. The normalized spacial score (nSPS) is 15.6. The van der Waals surface area contributed by atoms with Gasteiger partial charge in [-0.2, -0.15) is 0 Å². The van der Waals surface area contributed by atoms with E-state index < -0.39 is 23.2 Å². The van der Waals surface area contributed by atoms with Crippen molar-refractivity contribution in [2.24, 2.45) is 5.73 Å². The van der Waals surface area contributed by atoms with Crippen LogP contribution in [0.15, 0.2) is 46.9 Å². The molecule has 6 nitrogen and oxygen atoms in total. The van der Waals surface area contributed by atoms with Gasteiger partial charge >= 0.3 is 0 Å². The molecule has 0 aliphatic heterocycles. The summed E-state index contributed by atoms with van der Waals surface area (Å²) in [5, 5.41) is 0. The van der Waals surface area contributed by atoms with E-state index in [0.717, 1.165) is 6.07 Å². The van der Waals surface area contributed by atoms with E-state index in [4.69, 9.17) is 10.2 Å². The predicted molar refractivity (Wildman–Crippen MR) is 102 cm³/mol. The molecule has 0 saturated heterocycles. The third-order valence-electron chi connectivity index (χ3n) is 5.39. The zero-order chi connectivity index (χ0) is 19.9. The lowest BCUT2D eigenvalue weighted by molar-refractivity contribution is -0.127. The van der Waals surface area contributed by atoms with Gasteiger partial charge in [-0.1, -0.05) is 12.1 Å². The fourth-order valence-corrected chi connectivity index (χ4v) is 3.67. The smallest absolute Gasteiger partial charge is 0.254 e. The third kappa shape index (κ3) is 2.83. The van der Waals surface area contributed by atoms with Crippen LogP contribution in [-0.4, -0.2) is 34.3 Å². The third-order valence-corrected chi connectivity index (χ3v) is 5.39. The van der Waals surface area contributed by atoms with Crippen molar-refractivity contribution in [3.8, 4) is 11.5 Å². The van der Waals surface area contributed by atoms with Crippen molar-refractivity contribution in [1.29, 1.82) is 0 Å². The Bertz CT molecular complexity index is 1040. The molecular weight excluding hydrogens is 361 g/mol. The number of carbonyl (C=O) groups is 2. The summed E-state index contributed by atoms with van der Waals surface area (Å²) in [5.74, 6) is -1.50. The van der Waals surface area contributed by atoms with Gasteiger partial charge in [0.25, 0.3) is 5.91 Å². The van der Waals surface area contributed by atoms with E-state index in [1.54, 1.807) is 18.2 Å². The van der Waals surface area contributed by atoms with Crippen LogP contribution in [-0.2, 0) is 4.79 Å². The first-order valence-electron chi connectivity index (χ1n) is 8.97. The number of benzene rings is 2. The van der Waals surface area contributed by atoms with E-state index in [1.807, 2.05) is 12.5 Å². The van der Waals surface area contributed by atoms with Gasteiger partial charge in [0.05, 0.1) is 5.56 Å². The molecule has 1 fully saturated rings. The number of carbonyl (C=O) groups excluding carboxylic acids is 2. The number of fused-ring (bicyclic) bond motifs is 1. The summed E-state index contributed by atoms with van der Waals surface area (Å²) in [7, 11) is 1.53. The van der Waals surface area contributed by atoms with Crippen molar-refractivity contribution in [1.82, 2.24) is 9.88 Å². The molecule has 1 radical (unpaired) electrons. The van der Waals surface area contributed by atoms with Crippen LogP contribution in [0.3, 0.4) is 0 Å². The lowest BCUT2D eigenvalue weighted by Crippen LogP contribution is -2.56. The number of nitrogens with zero attached hydrogens (tertiary/aromatic N) is 2. The molecule has 1 saturated carbocycles. The molecule has 1 aromatic heterocycles. The van der Waals surface area contributed by atoms with Crippen molar-refractivity contribution >= 4 is 22.9 Å². The molecular formula is C21H19FN3O3. The van der Waals surface area contributed by atoms with Gasteiger partial charge in [0.15, 0.2) is 5.58 Å². The minimum Gasteiger partial charge on any atom is -0.436 e. The molecule has 7 heteroatoms. The highest BCUT2D eigenvalue weighted by atomic mass is 19.1. The van der Waals surface area contributed by atoms with E-state index in [1.165, 1.54) is 24.1 Å². The number of amides is 2. The van der Waals surface area contributed by atoms with Crippen LogP contribution >= 0.6 is 0 Å². The van der Waals surface area contributed by atoms with Crippen molar-refractivity contribution in [2.75, 3.05) is 7.05 Å². The molecule has 2 N–H and O–H groups in total. The molecule has 0 bridgehead atoms. The number of primary amides is 1. The Morgan fingerprint density at radius 3 is 2.68 bits per heavy atom. The highest BCUT2D eigenvalue weighted by Crippen LogP contribution is 2.35. The van der Waals surface area contributed by atoms with Crippen molar-refractivity contribution in [2.45, 2.75) is 24.8 Å². The van der Waals surface area contributed by atoms with Crippen LogP contribution in [0.25, 0.3) is 22.6 Å². The van der Waals surface area contributed by atoms with E-state index in [9.17, 15) is 14.0 Å². The van der Waals surface area contributed by atoms with Crippen molar-refractivity contribution in [3.05, 3.63) is 60.3 Å². The number of aromatic nitrogens is 1. The van der Waals surface area contributed by atoms with Crippen molar-refractivity contribution in [3.63, 3.8) is 0 Å². The van der Waals surface area contributed by atoms with Crippen LogP contribution in [0.1, 0.15) is 29.6 Å². The number of likely N-dealkylation sites (N-methyl/N-ethyl adjacent to an activating group) is 1. The van der Waals surface area contributed by atoms with Crippen molar-refractivity contribution < 1.29 is 18.4 Å². The van der Waals surface area contributed by atoms with Gasteiger partial charge in [0.2, 0.25) is 11.8 Å². The first kappa shape index (κ1) is 18.2. The average molecular weight is 380 g/mol. The summed E-state index contributed by atoms with van der Waals surface area (Å²) < 4.78 is 20.4. The molecule has 2 amide bonds. The van der Waals surface area contributed by atoms with Gasteiger partial charge in [0.1, 0.15) is 16.9 Å². The maximum absolute atomic E-state index is 14.8. The Hall–Kier alpha value is -3.22. The Morgan fingerprint density at radius 1 is 1.25 bits per heavy atom. The SMILES string of the molecule is CN(C(=O)c1ccc(-c2nc3ccccc3o2)c(F)c1)[C@]1(C(N)=O)C[CH]CC1. The Balaban J connectivity index is 1.65. The Kier molecular flexibility index (Phi) is 4.37. The maximum atomic E-state index is 14.8. The molecule has 2 aromatic carbocycles. The number of para-hydroxylation sites is 2. The Labute approximate surface area is 161 Å². The van der Waals surface area contributed by atoms with Gasteiger partial charge in [-0.15, -0.1) is 0 Å². The first-order chi connectivity index (χ1) is 13.4. The molecule has 143 valence electrons. The molecule has 1 heterocycles. The van der Waals surface area contributed by atoms with E-state index in [-0.39, 0.29) is 17.0 Å². The number of oxazole rings is 1. The molecule has 1 aliphatic rings. The van der Waals surface area contributed by atoms with Crippen LogP contribution < -0.4 is 5.73 Å². The van der Waals surface area contributed by atoms with Gasteiger partial charge in [-0.05, 0) is 56.0 Å². The minimum absolute atomic E-state index is 0.132. The number of nitrogens with two attached hydrogens (primary N) is 1. The summed E-state index contributed by atoms with van der Waals surface area (Å²) in [4.78, 5) is 30.5. The van der Waals surface area contributed by atoms with Crippen LogP contribution in [0.2, 0.25) is 0 Å². The zero-order valence-corrected chi connectivity index (χ0v) is 15.3.